The van der Waals surface area contributed by atoms with Crippen molar-refractivity contribution in [2.45, 2.75) is 30.8 Å². The number of fused-ring (bicyclic) bond motifs is 1. The van der Waals surface area contributed by atoms with E-state index in [2.05, 4.69) is 5.32 Å². The summed E-state index contributed by atoms with van der Waals surface area (Å²) in [5.74, 6) is 0.989. The van der Waals surface area contributed by atoms with Gasteiger partial charge in [-0.3, -0.25) is 4.79 Å². The first-order chi connectivity index (χ1) is 13.9. The van der Waals surface area contributed by atoms with Gasteiger partial charge in [0.25, 0.3) is 5.91 Å². The Bertz CT molecular complexity index is 1020. The highest BCUT2D eigenvalue weighted by atomic mass is 32.2. The van der Waals surface area contributed by atoms with Crippen LogP contribution in [0.2, 0.25) is 0 Å². The van der Waals surface area contributed by atoms with Crippen LogP contribution >= 0.6 is 0 Å². The Morgan fingerprint density at radius 1 is 1.14 bits per heavy atom. The van der Waals surface area contributed by atoms with E-state index in [1.807, 2.05) is 24.3 Å². The maximum atomic E-state index is 12.9. The van der Waals surface area contributed by atoms with Crippen LogP contribution in [-0.4, -0.2) is 51.0 Å². The molecule has 0 radical (unpaired) electrons. The van der Waals surface area contributed by atoms with Gasteiger partial charge in [0.15, 0.2) is 11.5 Å². The molecule has 1 amide bonds. The predicted molar refractivity (Wildman–Crippen MR) is 108 cm³/mol. The van der Waals surface area contributed by atoms with Crippen molar-refractivity contribution in [1.29, 1.82) is 0 Å². The van der Waals surface area contributed by atoms with Crippen molar-refractivity contribution < 1.29 is 22.7 Å². The van der Waals surface area contributed by atoms with Gasteiger partial charge in [0.2, 0.25) is 10.0 Å². The highest BCUT2D eigenvalue weighted by molar-refractivity contribution is 7.89. The molecule has 1 atom stereocenters. The van der Waals surface area contributed by atoms with Gasteiger partial charge in [0.05, 0.1) is 11.4 Å². The van der Waals surface area contributed by atoms with Crippen LogP contribution in [0.5, 0.6) is 11.5 Å². The summed E-state index contributed by atoms with van der Waals surface area (Å²) in [5, 5.41) is 2.81. The summed E-state index contributed by atoms with van der Waals surface area (Å²) < 4.78 is 38.8. The third-order valence-corrected chi connectivity index (χ3v) is 7.23. The molecule has 2 aromatic carbocycles. The maximum absolute atomic E-state index is 12.9. The number of para-hydroxylation sites is 2. The second-order valence-corrected chi connectivity index (χ2v) is 9.21. The second kappa shape index (κ2) is 8.04. The van der Waals surface area contributed by atoms with Gasteiger partial charge >= 0.3 is 0 Å². The SMILES string of the molecule is Cc1ccc(C(=O)NC[C@@H]2COc3ccccc3O2)cc1S(=O)(=O)N1CCCC1. The minimum Gasteiger partial charge on any atom is -0.486 e. The summed E-state index contributed by atoms with van der Waals surface area (Å²) in [6, 6.07) is 12.2. The Kier molecular flexibility index (Phi) is 5.47. The average Bonchev–Trinajstić information content (AvgIpc) is 3.28. The summed E-state index contributed by atoms with van der Waals surface area (Å²) in [6.45, 7) is 3.39. The maximum Gasteiger partial charge on any atom is 0.251 e. The van der Waals surface area contributed by atoms with Crippen molar-refractivity contribution in [3.05, 3.63) is 53.6 Å². The molecule has 29 heavy (non-hydrogen) atoms. The van der Waals surface area contributed by atoms with Crippen molar-refractivity contribution in [2.75, 3.05) is 26.2 Å². The first-order valence-electron chi connectivity index (χ1n) is 9.72. The first-order valence-corrected chi connectivity index (χ1v) is 11.2. The van der Waals surface area contributed by atoms with Crippen LogP contribution in [0, 0.1) is 6.92 Å². The molecule has 1 N–H and O–H groups in total. The van der Waals surface area contributed by atoms with E-state index in [0.717, 1.165) is 12.8 Å². The van der Waals surface area contributed by atoms with Crippen LogP contribution in [0.3, 0.4) is 0 Å². The number of hydrogen-bond donors (Lipinski definition) is 1. The predicted octanol–water partition coefficient (Wildman–Crippen LogP) is 2.35. The number of nitrogens with zero attached hydrogens (tertiary/aromatic N) is 1. The van der Waals surface area contributed by atoms with Crippen LogP contribution < -0.4 is 14.8 Å². The zero-order chi connectivity index (χ0) is 20.4. The zero-order valence-electron chi connectivity index (χ0n) is 16.3. The van der Waals surface area contributed by atoms with Gasteiger partial charge in [0, 0.05) is 18.7 Å². The van der Waals surface area contributed by atoms with Gasteiger partial charge in [-0.1, -0.05) is 18.2 Å². The summed E-state index contributed by atoms with van der Waals surface area (Å²) in [6.07, 6.45) is 1.42. The van der Waals surface area contributed by atoms with Crippen LogP contribution in [0.25, 0.3) is 0 Å². The Labute approximate surface area is 170 Å². The van der Waals surface area contributed by atoms with E-state index in [0.29, 0.717) is 42.3 Å². The number of rotatable bonds is 5. The normalized spacial score (nSPS) is 19.1. The summed E-state index contributed by atoms with van der Waals surface area (Å²) in [4.78, 5) is 12.8. The third kappa shape index (κ3) is 4.09. The summed E-state index contributed by atoms with van der Waals surface area (Å²) >= 11 is 0. The quantitative estimate of drug-likeness (QED) is 0.809. The first kappa shape index (κ1) is 19.7. The van der Waals surface area contributed by atoms with Crippen LogP contribution in [0.15, 0.2) is 47.4 Å². The fraction of sp³-hybridized carbons (Fsp3) is 0.381. The molecule has 1 fully saturated rings. The third-order valence-electron chi connectivity index (χ3n) is 5.19. The number of amides is 1. The van der Waals surface area contributed by atoms with E-state index in [9.17, 15) is 13.2 Å². The van der Waals surface area contributed by atoms with E-state index >= 15 is 0 Å². The Morgan fingerprint density at radius 3 is 2.62 bits per heavy atom. The van der Waals surface area contributed by atoms with E-state index in [-0.39, 0.29) is 23.5 Å². The largest absolute Gasteiger partial charge is 0.486 e. The highest BCUT2D eigenvalue weighted by Gasteiger charge is 2.29. The van der Waals surface area contributed by atoms with Gasteiger partial charge in [-0.15, -0.1) is 0 Å². The van der Waals surface area contributed by atoms with Crippen LogP contribution in [0.4, 0.5) is 0 Å². The number of ether oxygens (including phenoxy) is 2. The van der Waals surface area contributed by atoms with E-state index in [1.165, 1.54) is 10.4 Å². The topological polar surface area (TPSA) is 84.9 Å². The molecular weight excluding hydrogens is 392 g/mol. The van der Waals surface area contributed by atoms with Gasteiger partial charge in [-0.2, -0.15) is 4.31 Å². The Balaban J connectivity index is 1.44. The molecule has 2 heterocycles. The van der Waals surface area contributed by atoms with Crippen molar-refractivity contribution in [2.24, 2.45) is 0 Å². The van der Waals surface area contributed by atoms with Crippen molar-refractivity contribution in [3.8, 4) is 11.5 Å². The molecule has 8 heteroatoms. The molecule has 0 saturated carbocycles. The lowest BCUT2D eigenvalue weighted by Crippen LogP contribution is -2.40. The molecule has 1 saturated heterocycles. The Hall–Kier alpha value is -2.58. The van der Waals surface area contributed by atoms with Crippen molar-refractivity contribution in [3.63, 3.8) is 0 Å². The molecule has 0 bridgehead atoms. The van der Waals surface area contributed by atoms with Gasteiger partial charge in [0.1, 0.15) is 12.7 Å². The average molecular weight is 416 g/mol. The molecule has 0 aliphatic carbocycles. The summed E-state index contributed by atoms with van der Waals surface area (Å²) in [7, 11) is -3.59. The number of carbonyl (C=O) groups is 1. The molecule has 154 valence electrons. The fourth-order valence-electron chi connectivity index (χ4n) is 3.56. The van der Waals surface area contributed by atoms with E-state index in [4.69, 9.17) is 9.47 Å². The van der Waals surface area contributed by atoms with Gasteiger partial charge in [-0.05, 0) is 49.6 Å². The van der Waals surface area contributed by atoms with Gasteiger partial charge < -0.3 is 14.8 Å². The number of benzene rings is 2. The van der Waals surface area contributed by atoms with E-state index in [1.54, 1.807) is 19.1 Å². The van der Waals surface area contributed by atoms with E-state index < -0.39 is 10.0 Å². The number of aryl methyl sites for hydroxylation is 1. The minimum atomic E-state index is -3.59. The molecule has 0 aromatic heterocycles. The van der Waals surface area contributed by atoms with Crippen molar-refractivity contribution >= 4 is 15.9 Å². The fourth-order valence-corrected chi connectivity index (χ4v) is 5.33. The molecule has 2 aliphatic heterocycles. The summed E-state index contributed by atoms with van der Waals surface area (Å²) in [5.41, 5.74) is 0.944. The highest BCUT2D eigenvalue weighted by Crippen LogP contribution is 2.30. The molecule has 4 rings (SSSR count). The minimum absolute atomic E-state index is 0.193. The standard InChI is InChI=1S/C21H24N2O5S/c1-15-8-9-16(12-20(15)29(25,26)23-10-4-5-11-23)21(24)22-13-17-14-27-18-6-2-3-7-19(18)28-17/h2-3,6-9,12,17H,4-5,10-11,13-14H2,1H3,(H,22,24)/t17-/m1/s1. The zero-order valence-corrected chi connectivity index (χ0v) is 17.1. The number of sulfonamides is 1. The van der Waals surface area contributed by atoms with Crippen LogP contribution in [-0.2, 0) is 10.0 Å². The number of nitrogens with one attached hydrogen (secondary N) is 1. The second-order valence-electron chi connectivity index (χ2n) is 7.30. The molecule has 7 nitrogen and oxygen atoms in total. The van der Waals surface area contributed by atoms with Gasteiger partial charge in [-0.25, -0.2) is 8.42 Å². The number of carbonyl (C=O) groups excluding carboxylic acids is 1. The Morgan fingerprint density at radius 2 is 1.86 bits per heavy atom. The molecule has 0 spiro atoms. The lowest BCUT2D eigenvalue weighted by Gasteiger charge is -2.26. The molecular formula is C21H24N2O5S. The molecule has 0 unspecified atom stereocenters. The van der Waals surface area contributed by atoms with Crippen LogP contribution in [0.1, 0.15) is 28.8 Å². The molecule has 2 aliphatic rings. The lowest BCUT2D eigenvalue weighted by molar-refractivity contribution is 0.0789. The molecule has 2 aromatic rings. The van der Waals surface area contributed by atoms with Crippen molar-refractivity contribution in [1.82, 2.24) is 9.62 Å². The lowest BCUT2D eigenvalue weighted by atomic mass is 10.1. The smallest absolute Gasteiger partial charge is 0.251 e. The number of hydrogen-bond acceptors (Lipinski definition) is 5. The monoisotopic (exact) mass is 416 g/mol.